The highest BCUT2D eigenvalue weighted by Crippen LogP contribution is 2.29. The number of rotatable bonds is 3. The van der Waals surface area contributed by atoms with Gasteiger partial charge in [-0.05, 0) is 39.0 Å². The number of aliphatic hydroxyl groups excluding tert-OH is 1. The van der Waals surface area contributed by atoms with Crippen LogP contribution in [0, 0.1) is 0 Å². The third kappa shape index (κ3) is 2.04. The molecule has 0 saturated carbocycles. The van der Waals surface area contributed by atoms with Gasteiger partial charge in [-0.15, -0.1) is 0 Å². The Kier molecular flexibility index (Phi) is 2.98. The molecule has 1 heterocycles. The first-order chi connectivity index (χ1) is 8.75. The van der Waals surface area contributed by atoms with Gasteiger partial charge in [0.05, 0.1) is 11.0 Å². The molecule has 1 unspecified atom stereocenters. The summed E-state index contributed by atoms with van der Waals surface area (Å²) in [5.74, 6) is -0.102. The highest BCUT2D eigenvalue weighted by Gasteiger charge is 2.32. The first-order valence-corrected chi connectivity index (χ1v) is 6.01. The third-order valence-corrected chi connectivity index (χ3v) is 3.24. The van der Waals surface area contributed by atoms with E-state index in [9.17, 15) is 9.90 Å². The second kappa shape index (κ2) is 4.24. The Bertz CT molecular complexity index is 643. The number of aliphatic hydroxyl groups is 1. The molecule has 6 nitrogen and oxygen atoms in total. The van der Waals surface area contributed by atoms with E-state index in [2.05, 4.69) is 4.98 Å². The average Bonchev–Trinajstić information content (AvgIpc) is 2.67. The molecule has 5 N–H and O–H groups in total. The molecule has 0 radical (unpaired) electrons. The van der Waals surface area contributed by atoms with E-state index < -0.39 is 17.6 Å². The molecule has 19 heavy (non-hydrogen) atoms. The maximum absolute atomic E-state index is 11.7. The zero-order chi connectivity index (χ0) is 14.4. The zero-order valence-corrected chi connectivity index (χ0v) is 11.2. The Morgan fingerprint density at radius 3 is 2.63 bits per heavy atom. The number of hydrogen-bond acceptors (Lipinski definition) is 4. The molecule has 6 heteroatoms. The first-order valence-electron chi connectivity index (χ1n) is 6.01. The summed E-state index contributed by atoms with van der Waals surface area (Å²) >= 11 is 0. The number of benzene rings is 1. The number of hydrogen-bond donors (Lipinski definition) is 3. The maximum atomic E-state index is 11.7. The summed E-state index contributed by atoms with van der Waals surface area (Å²) in [6, 6.07) is 5.20. The fourth-order valence-electron chi connectivity index (χ4n) is 2.09. The lowest BCUT2D eigenvalue weighted by atomic mass is 10.0. The summed E-state index contributed by atoms with van der Waals surface area (Å²) in [6.07, 6.45) is -0.813. The van der Waals surface area contributed by atoms with Gasteiger partial charge in [-0.3, -0.25) is 4.79 Å². The van der Waals surface area contributed by atoms with Crippen LogP contribution in [0.4, 0.5) is 5.69 Å². The number of fused-ring (bicyclic) bond motifs is 1. The summed E-state index contributed by atoms with van der Waals surface area (Å²) in [5.41, 5.74) is 12.1. The van der Waals surface area contributed by atoms with Crippen molar-refractivity contribution in [2.45, 2.75) is 32.4 Å². The Labute approximate surface area is 111 Å². The van der Waals surface area contributed by atoms with Crippen LogP contribution in [0.3, 0.4) is 0 Å². The summed E-state index contributed by atoms with van der Waals surface area (Å²) < 4.78 is 1.66. The van der Waals surface area contributed by atoms with Crippen molar-refractivity contribution in [3.63, 3.8) is 0 Å². The van der Waals surface area contributed by atoms with Crippen molar-refractivity contribution in [1.82, 2.24) is 9.55 Å². The molecule has 0 spiro atoms. The van der Waals surface area contributed by atoms with Crippen LogP contribution in [-0.2, 0) is 10.3 Å². The molecule has 2 aromatic rings. The van der Waals surface area contributed by atoms with Gasteiger partial charge in [0.1, 0.15) is 17.5 Å². The quantitative estimate of drug-likeness (QED) is 0.714. The standard InChI is InChI=1S/C13H18N4O2/c1-7(18)11-16-9-6-8(14)4-5-10(9)17(11)13(2,3)12(15)19/h4-7,18H,14H2,1-3H3,(H2,15,19). The highest BCUT2D eigenvalue weighted by atomic mass is 16.3. The Morgan fingerprint density at radius 1 is 1.47 bits per heavy atom. The van der Waals surface area contributed by atoms with E-state index in [-0.39, 0.29) is 0 Å². The monoisotopic (exact) mass is 262 g/mol. The van der Waals surface area contributed by atoms with Gasteiger partial charge in [0.15, 0.2) is 0 Å². The molecule has 1 atom stereocenters. The number of aromatic nitrogens is 2. The van der Waals surface area contributed by atoms with E-state index in [1.807, 2.05) is 0 Å². The molecule has 0 aliphatic rings. The minimum atomic E-state index is -0.989. The van der Waals surface area contributed by atoms with Crippen LogP contribution in [-0.4, -0.2) is 20.6 Å². The number of nitrogens with two attached hydrogens (primary N) is 2. The smallest absolute Gasteiger partial charge is 0.243 e. The van der Waals surface area contributed by atoms with E-state index in [1.54, 1.807) is 43.5 Å². The van der Waals surface area contributed by atoms with Gasteiger partial charge in [-0.25, -0.2) is 4.98 Å². The third-order valence-electron chi connectivity index (χ3n) is 3.24. The lowest BCUT2D eigenvalue weighted by molar-refractivity contribution is -0.125. The highest BCUT2D eigenvalue weighted by molar-refractivity contribution is 5.87. The van der Waals surface area contributed by atoms with Gasteiger partial charge in [0, 0.05) is 5.69 Å². The largest absolute Gasteiger partial charge is 0.399 e. The molecule has 0 fully saturated rings. The van der Waals surface area contributed by atoms with Crippen molar-refractivity contribution >= 4 is 22.6 Å². The van der Waals surface area contributed by atoms with Crippen LogP contribution in [0.5, 0.6) is 0 Å². The molecule has 1 aromatic heterocycles. The van der Waals surface area contributed by atoms with Crippen molar-refractivity contribution in [2.75, 3.05) is 5.73 Å². The fourth-order valence-corrected chi connectivity index (χ4v) is 2.09. The Morgan fingerprint density at radius 2 is 2.11 bits per heavy atom. The van der Waals surface area contributed by atoms with Crippen LogP contribution >= 0.6 is 0 Å². The number of nitrogen functional groups attached to an aromatic ring is 1. The van der Waals surface area contributed by atoms with Crippen LogP contribution < -0.4 is 11.5 Å². The van der Waals surface area contributed by atoms with Crippen molar-refractivity contribution in [3.8, 4) is 0 Å². The predicted molar refractivity (Wildman–Crippen MR) is 73.3 cm³/mol. The molecule has 0 aliphatic carbocycles. The Balaban J connectivity index is 2.83. The van der Waals surface area contributed by atoms with E-state index in [1.165, 1.54) is 0 Å². The summed E-state index contributed by atoms with van der Waals surface area (Å²) in [6.45, 7) is 4.98. The minimum Gasteiger partial charge on any atom is -0.399 e. The molecule has 0 bridgehead atoms. The van der Waals surface area contributed by atoms with Crippen LogP contribution in [0.25, 0.3) is 11.0 Å². The normalized spacial score (nSPS) is 13.7. The van der Waals surface area contributed by atoms with Gasteiger partial charge in [-0.2, -0.15) is 0 Å². The van der Waals surface area contributed by atoms with E-state index in [0.29, 0.717) is 22.5 Å². The predicted octanol–water partition coefficient (Wildman–Crippen LogP) is 0.892. The van der Waals surface area contributed by atoms with Gasteiger partial charge in [-0.1, -0.05) is 0 Å². The molecule has 0 saturated heterocycles. The van der Waals surface area contributed by atoms with Crippen LogP contribution in [0.15, 0.2) is 18.2 Å². The van der Waals surface area contributed by atoms with Gasteiger partial charge < -0.3 is 21.1 Å². The number of anilines is 1. The van der Waals surface area contributed by atoms with Crippen molar-refractivity contribution in [3.05, 3.63) is 24.0 Å². The van der Waals surface area contributed by atoms with E-state index >= 15 is 0 Å². The molecule has 2 rings (SSSR count). The SMILES string of the molecule is CC(O)c1nc2cc(N)ccc2n1C(C)(C)C(N)=O. The lowest BCUT2D eigenvalue weighted by Gasteiger charge is -2.26. The zero-order valence-electron chi connectivity index (χ0n) is 11.2. The first kappa shape index (κ1) is 13.4. The fraction of sp³-hybridized carbons (Fsp3) is 0.385. The maximum Gasteiger partial charge on any atom is 0.243 e. The number of imidazole rings is 1. The van der Waals surface area contributed by atoms with E-state index in [0.717, 1.165) is 0 Å². The number of carbonyl (C=O) groups excluding carboxylic acids is 1. The summed E-state index contributed by atoms with van der Waals surface area (Å²) in [5, 5.41) is 9.85. The molecule has 1 aromatic carbocycles. The number of carbonyl (C=O) groups is 1. The number of nitrogens with zero attached hydrogens (tertiary/aromatic N) is 2. The van der Waals surface area contributed by atoms with Gasteiger partial charge >= 0.3 is 0 Å². The Hall–Kier alpha value is -2.08. The number of primary amides is 1. The van der Waals surface area contributed by atoms with Crippen molar-refractivity contribution in [2.24, 2.45) is 5.73 Å². The molecular formula is C13H18N4O2. The van der Waals surface area contributed by atoms with Crippen molar-refractivity contribution < 1.29 is 9.90 Å². The number of amides is 1. The molecule has 1 amide bonds. The van der Waals surface area contributed by atoms with Crippen LogP contribution in [0.2, 0.25) is 0 Å². The summed E-state index contributed by atoms with van der Waals surface area (Å²) in [4.78, 5) is 16.0. The van der Waals surface area contributed by atoms with Crippen LogP contribution in [0.1, 0.15) is 32.7 Å². The second-order valence-electron chi connectivity index (χ2n) is 5.15. The van der Waals surface area contributed by atoms with Gasteiger partial charge in [0.2, 0.25) is 5.91 Å². The van der Waals surface area contributed by atoms with Gasteiger partial charge in [0.25, 0.3) is 0 Å². The molecule has 102 valence electrons. The average molecular weight is 262 g/mol. The van der Waals surface area contributed by atoms with Crippen molar-refractivity contribution in [1.29, 1.82) is 0 Å². The topological polar surface area (TPSA) is 107 Å². The molecular weight excluding hydrogens is 244 g/mol. The summed E-state index contributed by atoms with van der Waals surface area (Å²) in [7, 11) is 0. The second-order valence-corrected chi connectivity index (χ2v) is 5.15. The van der Waals surface area contributed by atoms with E-state index in [4.69, 9.17) is 11.5 Å². The lowest BCUT2D eigenvalue weighted by Crippen LogP contribution is -2.42. The molecule has 0 aliphatic heterocycles. The minimum absolute atomic E-state index is 0.393.